The molecule has 1 saturated carbocycles. The van der Waals surface area contributed by atoms with E-state index >= 15 is 0 Å². The van der Waals surface area contributed by atoms with Crippen molar-refractivity contribution in [3.63, 3.8) is 0 Å². The van der Waals surface area contributed by atoms with Crippen molar-refractivity contribution in [1.29, 1.82) is 0 Å². The zero-order chi connectivity index (χ0) is 8.84. The largest absolute Gasteiger partial charge is 0.313 e. The summed E-state index contributed by atoms with van der Waals surface area (Å²) in [7, 11) is 0. The van der Waals surface area contributed by atoms with Crippen molar-refractivity contribution in [2.24, 2.45) is 0 Å². The highest BCUT2D eigenvalue weighted by Gasteiger charge is 2.27. The summed E-state index contributed by atoms with van der Waals surface area (Å²) in [4.78, 5) is 19.1. The predicted octanol–water partition coefficient (Wildman–Crippen LogP) is 1.86. The molecule has 0 saturated heterocycles. The molecule has 66 valence electrons. The van der Waals surface area contributed by atoms with Gasteiger partial charge in [-0.2, -0.15) is 0 Å². The fraction of sp³-hybridized carbons (Fsp3) is 0.333. The van der Waals surface area contributed by atoms with E-state index in [4.69, 9.17) is 0 Å². The van der Waals surface area contributed by atoms with Gasteiger partial charge < -0.3 is 4.98 Å². The van der Waals surface area contributed by atoms with E-state index in [2.05, 4.69) is 15.3 Å². The van der Waals surface area contributed by atoms with Crippen LogP contribution in [0.1, 0.15) is 24.3 Å². The van der Waals surface area contributed by atoms with E-state index in [0.717, 1.165) is 10.2 Å². The van der Waals surface area contributed by atoms with E-state index in [1.54, 1.807) is 11.3 Å². The van der Waals surface area contributed by atoms with Gasteiger partial charge in [0.2, 0.25) is 0 Å². The molecule has 0 unspecified atom stereocenters. The third-order valence-electron chi connectivity index (χ3n) is 2.42. The van der Waals surface area contributed by atoms with Gasteiger partial charge in [0, 0.05) is 0 Å². The van der Waals surface area contributed by atoms with Gasteiger partial charge in [0.1, 0.15) is 4.83 Å². The summed E-state index contributed by atoms with van der Waals surface area (Å²) in [6, 6.07) is 0. The molecule has 2 heterocycles. The van der Waals surface area contributed by atoms with Gasteiger partial charge in [-0.15, -0.1) is 11.3 Å². The Kier molecular flexibility index (Phi) is 1.35. The summed E-state index contributed by atoms with van der Waals surface area (Å²) in [5.74, 6) is 0.624. The maximum Gasteiger partial charge on any atom is 0.259 e. The van der Waals surface area contributed by atoms with Gasteiger partial charge in [-0.1, -0.05) is 0 Å². The zero-order valence-electron chi connectivity index (χ0n) is 6.91. The van der Waals surface area contributed by atoms with Crippen molar-refractivity contribution >= 4 is 21.6 Å². The Morgan fingerprint density at radius 1 is 1.54 bits per heavy atom. The van der Waals surface area contributed by atoms with Crippen LogP contribution in [0.5, 0.6) is 0 Å². The van der Waals surface area contributed by atoms with Gasteiger partial charge in [-0.3, -0.25) is 4.79 Å². The first-order valence-corrected chi connectivity index (χ1v) is 5.19. The molecule has 2 aromatic heterocycles. The normalized spacial score (nSPS) is 16.6. The molecule has 0 spiro atoms. The number of thiophene rings is 1. The predicted molar refractivity (Wildman–Crippen MR) is 52.2 cm³/mol. The Labute approximate surface area is 78.4 Å². The molecule has 1 fully saturated rings. The van der Waals surface area contributed by atoms with Gasteiger partial charge in [0.05, 0.1) is 11.7 Å². The van der Waals surface area contributed by atoms with Crippen molar-refractivity contribution < 1.29 is 0 Å². The minimum Gasteiger partial charge on any atom is -0.313 e. The second kappa shape index (κ2) is 2.42. The van der Waals surface area contributed by atoms with Gasteiger partial charge in [0.25, 0.3) is 5.56 Å². The zero-order valence-corrected chi connectivity index (χ0v) is 7.73. The monoisotopic (exact) mass is 192 g/mol. The van der Waals surface area contributed by atoms with E-state index < -0.39 is 0 Å². The average Bonchev–Trinajstić information content (AvgIpc) is 2.87. The maximum atomic E-state index is 11.5. The molecular weight excluding hydrogens is 184 g/mol. The van der Waals surface area contributed by atoms with Crippen LogP contribution in [0.3, 0.4) is 0 Å². The lowest BCUT2D eigenvalue weighted by Crippen LogP contribution is -2.05. The summed E-state index contributed by atoms with van der Waals surface area (Å²) < 4.78 is 0. The summed E-state index contributed by atoms with van der Waals surface area (Å²) >= 11 is 1.57. The fourth-order valence-corrected chi connectivity index (χ4v) is 2.59. The molecule has 4 heteroatoms. The van der Waals surface area contributed by atoms with Crippen molar-refractivity contribution in [1.82, 2.24) is 9.97 Å². The highest BCUT2D eigenvalue weighted by molar-refractivity contribution is 7.16. The number of hydrogen-bond donors (Lipinski definition) is 1. The molecule has 13 heavy (non-hydrogen) atoms. The minimum absolute atomic E-state index is 0.00755. The molecule has 3 rings (SSSR count). The maximum absolute atomic E-state index is 11.5. The van der Waals surface area contributed by atoms with Crippen LogP contribution in [0.4, 0.5) is 0 Å². The molecule has 0 radical (unpaired) electrons. The molecule has 2 aromatic rings. The molecule has 1 N–H and O–H groups in total. The Bertz CT molecular complexity index is 510. The molecule has 3 nitrogen and oxygen atoms in total. The first-order valence-electron chi connectivity index (χ1n) is 4.31. The molecule has 0 aliphatic heterocycles. The topological polar surface area (TPSA) is 45.8 Å². The number of H-pyrrole nitrogens is 1. The van der Waals surface area contributed by atoms with Crippen LogP contribution in [0.15, 0.2) is 16.5 Å². The number of nitrogens with zero attached hydrogens (tertiary/aromatic N) is 1. The van der Waals surface area contributed by atoms with Crippen LogP contribution in [0.2, 0.25) is 0 Å². The van der Waals surface area contributed by atoms with Crippen molar-refractivity contribution in [3.8, 4) is 0 Å². The minimum atomic E-state index is 0.00755. The Morgan fingerprint density at radius 3 is 3.15 bits per heavy atom. The quantitative estimate of drug-likeness (QED) is 0.749. The van der Waals surface area contributed by atoms with Gasteiger partial charge in [-0.25, -0.2) is 4.98 Å². The van der Waals surface area contributed by atoms with Crippen molar-refractivity contribution in [3.05, 3.63) is 27.6 Å². The molecular formula is C9H8N2OS. The smallest absolute Gasteiger partial charge is 0.259 e. The highest BCUT2D eigenvalue weighted by atomic mass is 32.1. The van der Waals surface area contributed by atoms with E-state index in [1.807, 2.05) is 0 Å². The molecule has 0 atom stereocenters. The van der Waals surface area contributed by atoms with E-state index in [9.17, 15) is 4.79 Å². The molecule has 1 aliphatic rings. The highest BCUT2D eigenvalue weighted by Crippen LogP contribution is 2.43. The second-order valence-electron chi connectivity index (χ2n) is 3.38. The molecule has 1 aliphatic carbocycles. The Morgan fingerprint density at radius 2 is 2.38 bits per heavy atom. The molecule has 0 bridgehead atoms. The number of aromatic nitrogens is 2. The standard InChI is InChI=1S/C9H8N2OS/c12-8-7-6(5-1-2-5)3-13-9(7)11-4-10-8/h3-5H,1-2H2,(H,10,11,12). The lowest BCUT2D eigenvalue weighted by atomic mass is 10.1. The first kappa shape index (κ1) is 7.26. The number of nitrogens with one attached hydrogen (secondary N) is 1. The van der Waals surface area contributed by atoms with E-state index in [0.29, 0.717) is 5.92 Å². The summed E-state index contributed by atoms with van der Waals surface area (Å²) in [5, 5.41) is 2.89. The van der Waals surface area contributed by atoms with E-state index in [-0.39, 0.29) is 5.56 Å². The fourth-order valence-electron chi connectivity index (χ4n) is 1.60. The Hall–Kier alpha value is -1.16. The average molecular weight is 192 g/mol. The van der Waals surface area contributed by atoms with Gasteiger partial charge >= 0.3 is 0 Å². The lowest BCUT2D eigenvalue weighted by Gasteiger charge is -1.91. The molecule has 0 amide bonds. The van der Waals surface area contributed by atoms with Gasteiger partial charge in [-0.05, 0) is 29.7 Å². The van der Waals surface area contributed by atoms with Crippen LogP contribution < -0.4 is 5.56 Å². The van der Waals surface area contributed by atoms with Crippen LogP contribution in [-0.2, 0) is 0 Å². The third kappa shape index (κ3) is 1.02. The summed E-state index contributed by atoms with van der Waals surface area (Å²) in [6.45, 7) is 0. The number of fused-ring (bicyclic) bond motifs is 1. The lowest BCUT2D eigenvalue weighted by molar-refractivity contribution is 1.13. The van der Waals surface area contributed by atoms with Gasteiger partial charge in [0.15, 0.2) is 0 Å². The Balaban J connectivity index is 2.41. The number of aromatic amines is 1. The van der Waals surface area contributed by atoms with Crippen molar-refractivity contribution in [2.45, 2.75) is 18.8 Å². The number of rotatable bonds is 1. The first-order chi connectivity index (χ1) is 6.36. The van der Waals surface area contributed by atoms with Crippen LogP contribution in [-0.4, -0.2) is 9.97 Å². The summed E-state index contributed by atoms with van der Waals surface area (Å²) in [5.41, 5.74) is 1.21. The summed E-state index contributed by atoms with van der Waals surface area (Å²) in [6.07, 6.45) is 3.91. The van der Waals surface area contributed by atoms with Crippen LogP contribution in [0, 0.1) is 0 Å². The third-order valence-corrected chi connectivity index (χ3v) is 3.33. The van der Waals surface area contributed by atoms with Crippen LogP contribution in [0.25, 0.3) is 10.2 Å². The SMILES string of the molecule is O=c1[nH]cnc2scc(C3CC3)c12. The van der Waals surface area contributed by atoms with E-state index in [1.165, 1.54) is 24.7 Å². The van der Waals surface area contributed by atoms with Crippen LogP contribution >= 0.6 is 11.3 Å². The second-order valence-corrected chi connectivity index (χ2v) is 4.24. The van der Waals surface area contributed by atoms with Crippen molar-refractivity contribution in [2.75, 3.05) is 0 Å². The number of hydrogen-bond acceptors (Lipinski definition) is 3. The molecule has 0 aromatic carbocycles.